The Hall–Kier alpha value is -1.35. The molecule has 1 saturated heterocycles. The molecule has 0 bridgehead atoms. The van der Waals surface area contributed by atoms with Gasteiger partial charge in [-0.2, -0.15) is 0 Å². The van der Waals surface area contributed by atoms with Crippen molar-refractivity contribution in [3.63, 3.8) is 0 Å². The van der Waals surface area contributed by atoms with Crippen LogP contribution in [-0.2, 0) is 4.79 Å². The van der Waals surface area contributed by atoms with Crippen LogP contribution in [0, 0.1) is 0 Å². The Morgan fingerprint density at radius 2 is 2.47 bits per heavy atom. The summed E-state index contributed by atoms with van der Waals surface area (Å²) in [6.07, 6.45) is 6.20. The molecule has 2 nitrogen and oxygen atoms in total. The molecule has 0 saturated carbocycles. The predicted octanol–water partition coefficient (Wildman–Crippen LogP) is 2.90. The maximum atomic E-state index is 11.4. The minimum absolute atomic E-state index is 0.158. The highest BCUT2D eigenvalue weighted by molar-refractivity contribution is 7.10. The van der Waals surface area contributed by atoms with Gasteiger partial charge in [0.25, 0.3) is 0 Å². The van der Waals surface area contributed by atoms with E-state index in [-0.39, 0.29) is 11.4 Å². The molecule has 1 aliphatic heterocycles. The minimum Gasteiger partial charge on any atom is -0.309 e. The van der Waals surface area contributed by atoms with Crippen molar-refractivity contribution in [3.05, 3.63) is 41.2 Å². The van der Waals surface area contributed by atoms with E-state index in [9.17, 15) is 4.79 Å². The molecule has 0 radical (unpaired) electrons. The molecule has 1 unspecified atom stereocenters. The van der Waals surface area contributed by atoms with Gasteiger partial charge in [0.05, 0.1) is 12.0 Å². The summed E-state index contributed by atoms with van der Waals surface area (Å²) in [4.78, 5) is 14.3. The van der Waals surface area contributed by atoms with Crippen LogP contribution in [0.2, 0.25) is 0 Å². The molecule has 2 rings (SSSR count). The van der Waals surface area contributed by atoms with E-state index in [0.717, 1.165) is 4.88 Å². The maximum absolute atomic E-state index is 11.4. The Labute approximate surface area is 93.5 Å². The maximum Gasteiger partial charge on any atom is 0.229 e. The highest BCUT2D eigenvalue weighted by Crippen LogP contribution is 2.33. The predicted molar refractivity (Wildman–Crippen MR) is 63.4 cm³/mol. The van der Waals surface area contributed by atoms with Gasteiger partial charge in [-0.25, -0.2) is 0 Å². The first-order chi connectivity index (χ1) is 7.15. The Morgan fingerprint density at radius 1 is 1.67 bits per heavy atom. The van der Waals surface area contributed by atoms with Gasteiger partial charge < -0.3 is 4.90 Å². The van der Waals surface area contributed by atoms with Crippen molar-refractivity contribution < 1.29 is 4.79 Å². The summed E-state index contributed by atoms with van der Waals surface area (Å²) < 4.78 is 0. The number of rotatable bonds is 3. The van der Waals surface area contributed by atoms with Gasteiger partial charge in [-0.1, -0.05) is 12.1 Å². The number of carbonyl (C=O) groups excluding carboxylic acids is 1. The molecular formula is C12H13NOS. The second-order valence-electron chi connectivity index (χ2n) is 3.83. The van der Waals surface area contributed by atoms with Crippen LogP contribution in [0.5, 0.6) is 0 Å². The van der Waals surface area contributed by atoms with Crippen molar-refractivity contribution in [1.29, 1.82) is 0 Å². The van der Waals surface area contributed by atoms with Gasteiger partial charge in [0.2, 0.25) is 5.91 Å². The van der Waals surface area contributed by atoms with Gasteiger partial charge >= 0.3 is 0 Å². The first-order valence-electron chi connectivity index (χ1n) is 4.83. The SMILES string of the molecule is C=CC1(C)CC(=O)N1/C=C\c1cccs1. The molecule has 15 heavy (non-hydrogen) atoms. The Bertz CT molecular complexity index is 407. The zero-order valence-electron chi connectivity index (χ0n) is 8.64. The van der Waals surface area contributed by atoms with Crippen molar-refractivity contribution in [2.75, 3.05) is 0 Å². The molecule has 0 spiro atoms. The Kier molecular flexibility index (Phi) is 2.49. The molecule has 0 aliphatic carbocycles. The topological polar surface area (TPSA) is 20.3 Å². The monoisotopic (exact) mass is 219 g/mol. The van der Waals surface area contributed by atoms with Crippen molar-refractivity contribution in [1.82, 2.24) is 4.90 Å². The van der Waals surface area contributed by atoms with Crippen LogP contribution < -0.4 is 0 Å². The third kappa shape index (κ3) is 1.75. The molecular weight excluding hydrogens is 206 g/mol. The van der Waals surface area contributed by atoms with Gasteiger partial charge in [0.15, 0.2) is 0 Å². The number of nitrogens with zero attached hydrogens (tertiary/aromatic N) is 1. The number of hydrogen-bond donors (Lipinski definition) is 0. The molecule has 0 aromatic carbocycles. The number of amides is 1. The molecule has 78 valence electrons. The summed E-state index contributed by atoms with van der Waals surface area (Å²) in [7, 11) is 0. The van der Waals surface area contributed by atoms with Crippen LogP contribution in [0.15, 0.2) is 36.4 Å². The van der Waals surface area contributed by atoms with Crippen LogP contribution in [0.3, 0.4) is 0 Å². The normalized spacial score (nSPS) is 25.7. The van der Waals surface area contributed by atoms with Gasteiger partial charge in [-0.15, -0.1) is 17.9 Å². The van der Waals surface area contributed by atoms with E-state index in [1.807, 2.05) is 42.8 Å². The lowest BCUT2D eigenvalue weighted by Gasteiger charge is -2.45. The first kappa shape index (κ1) is 10.2. The van der Waals surface area contributed by atoms with Gasteiger partial charge in [0, 0.05) is 11.1 Å². The first-order valence-corrected chi connectivity index (χ1v) is 5.71. The summed E-state index contributed by atoms with van der Waals surface area (Å²) in [5, 5.41) is 2.02. The van der Waals surface area contributed by atoms with Crippen LogP contribution in [0.1, 0.15) is 18.2 Å². The Balaban J connectivity index is 2.12. The van der Waals surface area contributed by atoms with Crippen molar-refractivity contribution in [2.45, 2.75) is 18.9 Å². The minimum atomic E-state index is -0.190. The van der Waals surface area contributed by atoms with Crippen molar-refractivity contribution in [2.24, 2.45) is 0 Å². The summed E-state index contributed by atoms with van der Waals surface area (Å²) >= 11 is 1.66. The Morgan fingerprint density at radius 3 is 3.00 bits per heavy atom. The molecule has 1 aromatic rings. The number of likely N-dealkylation sites (tertiary alicyclic amines) is 1. The third-order valence-corrected chi connectivity index (χ3v) is 3.54. The van der Waals surface area contributed by atoms with E-state index in [4.69, 9.17) is 0 Å². The number of thiophene rings is 1. The second-order valence-corrected chi connectivity index (χ2v) is 4.81. The summed E-state index contributed by atoms with van der Waals surface area (Å²) in [5.74, 6) is 0.158. The van der Waals surface area contributed by atoms with E-state index >= 15 is 0 Å². The van der Waals surface area contributed by atoms with E-state index in [1.165, 1.54) is 0 Å². The average Bonchev–Trinajstić information content (AvgIpc) is 2.70. The van der Waals surface area contributed by atoms with Gasteiger partial charge in [-0.05, 0) is 24.4 Å². The van der Waals surface area contributed by atoms with Gasteiger partial charge in [-0.3, -0.25) is 4.79 Å². The average molecular weight is 219 g/mol. The lowest BCUT2D eigenvalue weighted by molar-refractivity contribution is -0.145. The highest BCUT2D eigenvalue weighted by Gasteiger charge is 2.43. The van der Waals surface area contributed by atoms with Gasteiger partial charge in [0.1, 0.15) is 0 Å². The standard InChI is InChI=1S/C12H13NOS/c1-3-12(2)9-11(14)13(12)7-6-10-5-4-8-15-10/h3-8H,1,9H2,2H3/b7-6-. The summed E-state index contributed by atoms with van der Waals surface area (Å²) in [6, 6.07) is 4.02. The molecule has 2 heterocycles. The molecule has 1 fully saturated rings. The van der Waals surface area contributed by atoms with Crippen molar-refractivity contribution >= 4 is 23.3 Å². The summed E-state index contributed by atoms with van der Waals surface area (Å²) in [5.41, 5.74) is -0.190. The molecule has 1 amide bonds. The molecule has 1 atom stereocenters. The van der Waals surface area contributed by atoms with Crippen LogP contribution >= 0.6 is 11.3 Å². The number of carbonyl (C=O) groups is 1. The largest absolute Gasteiger partial charge is 0.309 e. The fourth-order valence-corrected chi connectivity index (χ4v) is 2.24. The molecule has 3 heteroatoms. The fourth-order valence-electron chi connectivity index (χ4n) is 1.63. The van der Waals surface area contributed by atoms with E-state index in [2.05, 4.69) is 6.58 Å². The zero-order chi connectivity index (χ0) is 10.9. The van der Waals surface area contributed by atoms with Crippen molar-refractivity contribution in [3.8, 4) is 0 Å². The fraction of sp³-hybridized carbons (Fsp3) is 0.250. The van der Waals surface area contributed by atoms with E-state index < -0.39 is 0 Å². The van der Waals surface area contributed by atoms with Crippen LogP contribution in [0.4, 0.5) is 0 Å². The second kappa shape index (κ2) is 3.66. The smallest absolute Gasteiger partial charge is 0.229 e. The third-order valence-electron chi connectivity index (χ3n) is 2.70. The number of hydrogen-bond acceptors (Lipinski definition) is 2. The van der Waals surface area contributed by atoms with Crippen LogP contribution in [-0.4, -0.2) is 16.3 Å². The molecule has 1 aliphatic rings. The van der Waals surface area contributed by atoms with E-state index in [1.54, 1.807) is 16.2 Å². The quantitative estimate of drug-likeness (QED) is 0.565. The lowest BCUT2D eigenvalue weighted by atomic mass is 9.86. The summed E-state index contributed by atoms with van der Waals surface area (Å²) in [6.45, 7) is 5.77. The van der Waals surface area contributed by atoms with Crippen LogP contribution in [0.25, 0.3) is 6.08 Å². The lowest BCUT2D eigenvalue weighted by Crippen LogP contribution is -2.57. The number of β-lactam (4-membered cyclic amide) rings is 1. The zero-order valence-corrected chi connectivity index (χ0v) is 9.46. The highest BCUT2D eigenvalue weighted by atomic mass is 32.1. The van der Waals surface area contributed by atoms with E-state index in [0.29, 0.717) is 6.42 Å². The molecule has 1 aromatic heterocycles. The molecule has 0 N–H and O–H groups in total.